The molecule has 1 aliphatic heterocycles. The zero-order valence-corrected chi connectivity index (χ0v) is 8.88. The molecule has 2 nitrogen and oxygen atoms in total. The summed E-state index contributed by atoms with van der Waals surface area (Å²) in [5.74, 6) is 0.721. The number of hydrogen-bond donors (Lipinski definition) is 1. The summed E-state index contributed by atoms with van der Waals surface area (Å²) >= 11 is 0. The van der Waals surface area contributed by atoms with Crippen LogP contribution >= 0.6 is 0 Å². The Morgan fingerprint density at radius 2 is 2.31 bits per heavy atom. The lowest BCUT2D eigenvalue weighted by atomic mass is 9.78. The van der Waals surface area contributed by atoms with Gasteiger partial charge in [-0.15, -0.1) is 0 Å². The van der Waals surface area contributed by atoms with Crippen molar-refractivity contribution in [3.8, 4) is 0 Å². The van der Waals surface area contributed by atoms with Gasteiger partial charge < -0.3 is 9.84 Å². The second kappa shape index (κ2) is 4.97. The van der Waals surface area contributed by atoms with E-state index in [0.717, 1.165) is 32.0 Å². The fraction of sp³-hybridized carbons (Fsp3) is 1.00. The maximum absolute atomic E-state index is 9.35. The van der Waals surface area contributed by atoms with Crippen LogP contribution in [0.5, 0.6) is 0 Å². The molecule has 2 atom stereocenters. The van der Waals surface area contributed by atoms with Gasteiger partial charge in [0.2, 0.25) is 0 Å². The van der Waals surface area contributed by atoms with E-state index in [4.69, 9.17) is 4.74 Å². The van der Waals surface area contributed by atoms with E-state index in [0.29, 0.717) is 6.61 Å². The van der Waals surface area contributed by atoms with Crippen molar-refractivity contribution in [1.82, 2.24) is 0 Å². The highest BCUT2D eigenvalue weighted by atomic mass is 16.5. The Labute approximate surface area is 81.3 Å². The normalized spacial score (nSPS) is 30.7. The number of ether oxygens (including phenoxy) is 1. The van der Waals surface area contributed by atoms with Crippen LogP contribution in [0.4, 0.5) is 0 Å². The van der Waals surface area contributed by atoms with Crippen molar-refractivity contribution in [3.05, 3.63) is 0 Å². The van der Waals surface area contributed by atoms with Gasteiger partial charge in [0.05, 0.1) is 13.2 Å². The van der Waals surface area contributed by atoms with Crippen molar-refractivity contribution < 1.29 is 9.84 Å². The molecule has 0 bridgehead atoms. The van der Waals surface area contributed by atoms with Crippen molar-refractivity contribution in [1.29, 1.82) is 0 Å². The second-order valence-electron chi connectivity index (χ2n) is 4.56. The van der Waals surface area contributed by atoms with Crippen LogP contribution in [0.2, 0.25) is 0 Å². The highest BCUT2D eigenvalue weighted by Gasteiger charge is 2.35. The minimum Gasteiger partial charge on any atom is -0.396 e. The fourth-order valence-corrected chi connectivity index (χ4v) is 2.33. The van der Waals surface area contributed by atoms with E-state index in [1.807, 2.05) is 0 Å². The van der Waals surface area contributed by atoms with Crippen molar-refractivity contribution in [2.24, 2.45) is 11.3 Å². The predicted molar refractivity (Wildman–Crippen MR) is 53.6 cm³/mol. The number of hydrogen-bond acceptors (Lipinski definition) is 2. The zero-order valence-electron chi connectivity index (χ0n) is 8.88. The minimum atomic E-state index is 0.0919. The maximum atomic E-state index is 9.35. The Balaban J connectivity index is 2.38. The van der Waals surface area contributed by atoms with E-state index in [9.17, 15) is 5.11 Å². The number of rotatable bonds is 5. The molecular weight excluding hydrogens is 164 g/mol. The molecule has 78 valence electrons. The molecule has 1 aliphatic rings. The summed E-state index contributed by atoms with van der Waals surface area (Å²) in [6.07, 6.45) is 4.67. The molecule has 0 aliphatic carbocycles. The lowest BCUT2D eigenvalue weighted by molar-refractivity contribution is 0.0730. The standard InChI is InChI=1S/C11H22O2/c1-3-4-10(2)7-11(8-12)5-6-13-9-11/h10,12H,3-9H2,1-2H3. The summed E-state index contributed by atoms with van der Waals surface area (Å²) in [5.41, 5.74) is 0.0919. The van der Waals surface area contributed by atoms with Crippen LogP contribution in [0.25, 0.3) is 0 Å². The van der Waals surface area contributed by atoms with E-state index < -0.39 is 0 Å². The molecule has 1 fully saturated rings. The average molecular weight is 186 g/mol. The predicted octanol–water partition coefficient (Wildman–Crippen LogP) is 2.21. The van der Waals surface area contributed by atoms with Crippen LogP contribution in [0.3, 0.4) is 0 Å². The van der Waals surface area contributed by atoms with Gasteiger partial charge in [-0.25, -0.2) is 0 Å². The van der Waals surface area contributed by atoms with E-state index in [1.54, 1.807) is 0 Å². The van der Waals surface area contributed by atoms with Crippen LogP contribution in [0, 0.1) is 11.3 Å². The fourth-order valence-electron chi connectivity index (χ4n) is 2.33. The zero-order chi connectivity index (χ0) is 9.73. The summed E-state index contributed by atoms with van der Waals surface area (Å²) in [6, 6.07) is 0. The Morgan fingerprint density at radius 3 is 2.77 bits per heavy atom. The first kappa shape index (κ1) is 11.0. The van der Waals surface area contributed by atoms with Crippen LogP contribution in [0.15, 0.2) is 0 Å². The van der Waals surface area contributed by atoms with E-state index in [-0.39, 0.29) is 5.41 Å². The Kier molecular flexibility index (Phi) is 4.20. The highest BCUT2D eigenvalue weighted by molar-refractivity contribution is 4.84. The molecule has 0 saturated carbocycles. The molecule has 0 aromatic heterocycles. The van der Waals surface area contributed by atoms with Crippen molar-refractivity contribution in [3.63, 3.8) is 0 Å². The largest absolute Gasteiger partial charge is 0.396 e. The third-order valence-electron chi connectivity index (χ3n) is 3.08. The van der Waals surface area contributed by atoms with Crippen molar-refractivity contribution >= 4 is 0 Å². The summed E-state index contributed by atoms with van der Waals surface area (Å²) in [7, 11) is 0. The molecule has 1 saturated heterocycles. The lowest BCUT2D eigenvalue weighted by Crippen LogP contribution is -2.28. The SMILES string of the molecule is CCCC(C)CC1(CO)CCOC1. The molecule has 0 spiro atoms. The first-order valence-electron chi connectivity index (χ1n) is 5.41. The Morgan fingerprint density at radius 1 is 1.54 bits per heavy atom. The Bertz CT molecular complexity index is 139. The molecular formula is C11H22O2. The van der Waals surface area contributed by atoms with Crippen LogP contribution in [0.1, 0.15) is 39.5 Å². The maximum Gasteiger partial charge on any atom is 0.0545 e. The molecule has 1 heterocycles. The van der Waals surface area contributed by atoms with E-state index in [1.165, 1.54) is 12.8 Å². The number of aliphatic hydroxyl groups is 1. The van der Waals surface area contributed by atoms with Gasteiger partial charge in [-0.05, 0) is 18.8 Å². The van der Waals surface area contributed by atoms with Gasteiger partial charge in [0.1, 0.15) is 0 Å². The van der Waals surface area contributed by atoms with Gasteiger partial charge >= 0.3 is 0 Å². The van der Waals surface area contributed by atoms with Crippen molar-refractivity contribution in [2.75, 3.05) is 19.8 Å². The first-order chi connectivity index (χ1) is 6.22. The van der Waals surface area contributed by atoms with E-state index in [2.05, 4.69) is 13.8 Å². The van der Waals surface area contributed by atoms with Gasteiger partial charge in [0.25, 0.3) is 0 Å². The average Bonchev–Trinajstić information content (AvgIpc) is 2.54. The number of aliphatic hydroxyl groups excluding tert-OH is 1. The summed E-state index contributed by atoms with van der Waals surface area (Å²) < 4.78 is 5.37. The first-order valence-corrected chi connectivity index (χ1v) is 5.41. The molecule has 0 radical (unpaired) electrons. The monoisotopic (exact) mass is 186 g/mol. The molecule has 0 aromatic carbocycles. The third-order valence-corrected chi connectivity index (χ3v) is 3.08. The summed E-state index contributed by atoms with van der Waals surface area (Å²) in [4.78, 5) is 0. The van der Waals surface area contributed by atoms with Gasteiger partial charge in [0.15, 0.2) is 0 Å². The quantitative estimate of drug-likeness (QED) is 0.713. The van der Waals surface area contributed by atoms with Crippen molar-refractivity contribution in [2.45, 2.75) is 39.5 Å². The second-order valence-corrected chi connectivity index (χ2v) is 4.56. The summed E-state index contributed by atoms with van der Waals surface area (Å²) in [5, 5.41) is 9.35. The van der Waals surface area contributed by atoms with Gasteiger partial charge in [-0.1, -0.05) is 26.7 Å². The van der Waals surface area contributed by atoms with E-state index >= 15 is 0 Å². The lowest BCUT2D eigenvalue weighted by Gasteiger charge is -2.27. The van der Waals surface area contributed by atoms with Gasteiger partial charge in [-0.2, -0.15) is 0 Å². The van der Waals surface area contributed by atoms with Gasteiger partial charge in [-0.3, -0.25) is 0 Å². The third kappa shape index (κ3) is 2.96. The van der Waals surface area contributed by atoms with Crippen LogP contribution in [-0.2, 0) is 4.74 Å². The molecule has 2 unspecified atom stereocenters. The minimum absolute atomic E-state index is 0.0919. The molecule has 0 aromatic rings. The highest BCUT2D eigenvalue weighted by Crippen LogP contribution is 2.35. The molecule has 0 amide bonds. The van der Waals surface area contributed by atoms with Crippen LogP contribution < -0.4 is 0 Å². The summed E-state index contributed by atoms with van der Waals surface area (Å²) in [6.45, 7) is 6.38. The molecule has 2 heteroatoms. The molecule has 1 N–H and O–H groups in total. The smallest absolute Gasteiger partial charge is 0.0545 e. The topological polar surface area (TPSA) is 29.5 Å². The Hall–Kier alpha value is -0.0800. The van der Waals surface area contributed by atoms with Gasteiger partial charge in [0, 0.05) is 12.0 Å². The molecule has 1 rings (SSSR count). The molecule has 13 heavy (non-hydrogen) atoms. The van der Waals surface area contributed by atoms with Crippen LogP contribution in [-0.4, -0.2) is 24.9 Å².